The highest BCUT2D eigenvalue weighted by Crippen LogP contribution is 2.39. The Balaban J connectivity index is 1.85. The summed E-state index contributed by atoms with van der Waals surface area (Å²) >= 11 is 1.44. The van der Waals surface area contributed by atoms with Crippen LogP contribution in [0.25, 0.3) is 22.5 Å². The van der Waals surface area contributed by atoms with Crippen LogP contribution in [0.2, 0.25) is 0 Å². The first kappa shape index (κ1) is 23.7. The lowest BCUT2D eigenvalue weighted by molar-refractivity contribution is -0.763. The Bertz CT molecular complexity index is 1530. The lowest BCUT2D eigenvalue weighted by Crippen LogP contribution is -2.60. The van der Waals surface area contributed by atoms with E-state index < -0.39 is 6.17 Å². The molecule has 0 bridgehead atoms. The molecule has 0 unspecified atom stereocenters. The number of amides is 1. The third-order valence-electron chi connectivity index (χ3n) is 5.93. The van der Waals surface area contributed by atoms with Gasteiger partial charge in [0.25, 0.3) is 6.17 Å². The summed E-state index contributed by atoms with van der Waals surface area (Å²) < 4.78 is 2.85. The molecule has 1 aliphatic heterocycles. The van der Waals surface area contributed by atoms with Crippen LogP contribution in [0.4, 0.5) is 5.69 Å². The molecule has 9 nitrogen and oxygen atoms in total. The molecule has 1 aliphatic rings. The number of aromatic amines is 1. The molecule has 1 N–H and O–H groups in total. The number of rotatable bonds is 5. The first-order valence-corrected chi connectivity index (χ1v) is 12.6. The van der Waals surface area contributed by atoms with E-state index in [9.17, 15) is 14.4 Å². The summed E-state index contributed by atoms with van der Waals surface area (Å²) in [5.74, 6) is 0.273. The number of benzene rings is 2. The predicted molar refractivity (Wildman–Crippen MR) is 137 cm³/mol. The van der Waals surface area contributed by atoms with E-state index in [2.05, 4.69) is 17.0 Å². The van der Waals surface area contributed by atoms with Gasteiger partial charge in [-0.15, -0.1) is 0 Å². The van der Waals surface area contributed by atoms with Gasteiger partial charge in [-0.25, -0.2) is 9.58 Å². The van der Waals surface area contributed by atoms with E-state index in [0.29, 0.717) is 33.4 Å². The summed E-state index contributed by atoms with van der Waals surface area (Å²) in [6.07, 6.45) is 1.70. The van der Waals surface area contributed by atoms with Crippen LogP contribution < -0.4 is 15.1 Å². The van der Waals surface area contributed by atoms with Crippen molar-refractivity contribution in [2.75, 3.05) is 10.7 Å². The van der Waals surface area contributed by atoms with Gasteiger partial charge < -0.3 is 0 Å². The maximum Gasteiger partial charge on any atom is 0.325 e. The summed E-state index contributed by atoms with van der Waals surface area (Å²) in [6.45, 7) is 4.95. The molecular weight excluding hydrogens is 476 g/mol. The van der Waals surface area contributed by atoms with Gasteiger partial charge in [0.1, 0.15) is 5.69 Å². The third-order valence-corrected chi connectivity index (χ3v) is 7.00. The predicted octanol–water partition coefficient (Wildman–Crippen LogP) is 3.66. The van der Waals surface area contributed by atoms with Crippen molar-refractivity contribution in [3.05, 3.63) is 76.7 Å². The molecule has 1 amide bonds. The van der Waals surface area contributed by atoms with E-state index in [1.165, 1.54) is 30.3 Å². The normalized spacial score (nSPS) is 14.3. The van der Waals surface area contributed by atoms with Gasteiger partial charge in [-0.1, -0.05) is 61.2 Å². The van der Waals surface area contributed by atoms with Crippen LogP contribution in [0, 0.1) is 0 Å². The standard InChI is InChI=1S/C26H24N6O3S/c1-4-14-36-26-27-24(35)23-19-12-8-9-13-21(19)31(17(3)34)25(32(23)29-26)20-15-30(16(2)33)28-22(20)18-10-6-5-7-11-18/h5-13,15,25H,4,14H2,1-3H3/p+1/t25-/m1/s1. The number of carbonyl (C=O) groups excluding carboxylic acids is 2. The summed E-state index contributed by atoms with van der Waals surface area (Å²) in [5, 5.41) is 9.82. The van der Waals surface area contributed by atoms with E-state index in [1.807, 2.05) is 48.5 Å². The number of hydrogen-bond donors (Lipinski definition) is 1. The van der Waals surface area contributed by atoms with E-state index in [-0.39, 0.29) is 17.4 Å². The molecule has 1 atom stereocenters. The molecule has 2 aromatic heterocycles. The van der Waals surface area contributed by atoms with E-state index in [0.717, 1.165) is 17.7 Å². The Morgan fingerprint density at radius 1 is 1.06 bits per heavy atom. The Hall–Kier alpha value is -4.05. The number of fused-ring (bicyclic) bond motifs is 3. The van der Waals surface area contributed by atoms with Crippen molar-refractivity contribution >= 4 is 29.3 Å². The number of hydrogen-bond acceptors (Lipinski definition) is 6. The first-order valence-electron chi connectivity index (χ1n) is 11.6. The van der Waals surface area contributed by atoms with Gasteiger partial charge >= 0.3 is 11.3 Å². The molecule has 0 saturated carbocycles. The van der Waals surface area contributed by atoms with Crippen LogP contribution in [0.3, 0.4) is 0 Å². The van der Waals surface area contributed by atoms with E-state index in [1.54, 1.807) is 21.8 Å². The summed E-state index contributed by atoms with van der Waals surface area (Å²) in [4.78, 5) is 43.5. The van der Waals surface area contributed by atoms with Gasteiger partial charge in [0, 0.05) is 36.5 Å². The zero-order valence-corrected chi connectivity index (χ0v) is 21.0. The summed E-state index contributed by atoms with van der Waals surface area (Å²) in [7, 11) is 0. The van der Waals surface area contributed by atoms with Crippen molar-refractivity contribution in [2.24, 2.45) is 0 Å². The quantitative estimate of drug-likeness (QED) is 0.331. The Kier molecular flexibility index (Phi) is 6.27. The van der Waals surface area contributed by atoms with Gasteiger partial charge in [-0.05, 0) is 23.2 Å². The Morgan fingerprint density at radius 3 is 2.47 bits per heavy atom. The lowest BCUT2D eigenvalue weighted by Gasteiger charge is -2.31. The number of nitrogens with one attached hydrogen (secondary N) is 1. The molecule has 0 spiro atoms. The smallest absolute Gasteiger partial charge is 0.291 e. The van der Waals surface area contributed by atoms with Gasteiger partial charge in [0.05, 0.1) is 16.8 Å². The van der Waals surface area contributed by atoms with Crippen molar-refractivity contribution in [3.8, 4) is 22.5 Å². The number of nitrogens with zero attached hydrogens (tertiary/aromatic N) is 5. The maximum absolute atomic E-state index is 13.4. The SMILES string of the molecule is CCCSc1n[n+]2c(c(=O)[nH]1)-c1ccccc1N(C(C)=O)[C@H]2c1cn(C(C)=O)nc1-c1ccccc1. The fourth-order valence-electron chi connectivity index (χ4n) is 4.42. The molecule has 0 radical (unpaired) electrons. The highest BCUT2D eigenvalue weighted by Gasteiger charge is 2.46. The van der Waals surface area contributed by atoms with Gasteiger partial charge in [-0.3, -0.25) is 19.4 Å². The second-order valence-electron chi connectivity index (χ2n) is 8.44. The van der Waals surface area contributed by atoms with Gasteiger partial charge in [0.2, 0.25) is 17.0 Å². The monoisotopic (exact) mass is 501 g/mol. The third kappa shape index (κ3) is 4.03. The average Bonchev–Trinajstić information content (AvgIpc) is 3.32. The molecular formula is C26H25N6O3S+. The minimum absolute atomic E-state index is 0.231. The molecule has 3 heterocycles. The topological polar surface area (TPSA) is 105 Å². The zero-order chi connectivity index (χ0) is 25.4. The first-order chi connectivity index (χ1) is 17.4. The highest BCUT2D eigenvalue weighted by molar-refractivity contribution is 7.99. The van der Waals surface area contributed by atoms with Crippen molar-refractivity contribution in [2.45, 2.75) is 38.5 Å². The van der Waals surface area contributed by atoms with Crippen molar-refractivity contribution in [1.82, 2.24) is 19.9 Å². The number of aromatic nitrogens is 5. The molecule has 36 heavy (non-hydrogen) atoms. The average molecular weight is 502 g/mol. The number of anilines is 1. The van der Waals surface area contributed by atoms with Crippen LogP contribution in [0.5, 0.6) is 0 Å². The minimum Gasteiger partial charge on any atom is -0.291 e. The Morgan fingerprint density at radius 2 is 1.78 bits per heavy atom. The van der Waals surface area contributed by atoms with Crippen LogP contribution in [0.1, 0.15) is 43.7 Å². The van der Waals surface area contributed by atoms with Crippen molar-refractivity contribution in [1.29, 1.82) is 0 Å². The van der Waals surface area contributed by atoms with E-state index in [4.69, 9.17) is 5.10 Å². The molecule has 2 aromatic carbocycles. The minimum atomic E-state index is -0.834. The van der Waals surface area contributed by atoms with Crippen LogP contribution >= 0.6 is 11.8 Å². The molecule has 0 saturated heterocycles. The fraction of sp³-hybridized carbons (Fsp3) is 0.231. The van der Waals surface area contributed by atoms with Crippen LogP contribution in [-0.4, -0.2) is 37.4 Å². The molecule has 5 rings (SSSR count). The molecule has 0 fully saturated rings. The lowest BCUT2D eigenvalue weighted by atomic mass is 10.00. The fourth-order valence-corrected chi connectivity index (χ4v) is 5.12. The molecule has 10 heteroatoms. The zero-order valence-electron chi connectivity index (χ0n) is 20.1. The van der Waals surface area contributed by atoms with Gasteiger partial charge in [-0.2, -0.15) is 5.10 Å². The molecule has 4 aromatic rings. The van der Waals surface area contributed by atoms with Gasteiger partial charge in [0.15, 0.2) is 0 Å². The molecule has 0 aliphatic carbocycles. The second kappa shape index (κ2) is 9.54. The number of carbonyl (C=O) groups is 2. The Labute approximate surface area is 211 Å². The van der Waals surface area contributed by atoms with Crippen LogP contribution in [0.15, 0.2) is 70.7 Å². The maximum atomic E-state index is 13.4. The largest absolute Gasteiger partial charge is 0.325 e. The highest BCUT2D eigenvalue weighted by atomic mass is 32.2. The second-order valence-corrected chi connectivity index (χ2v) is 9.53. The number of H-pyrrole nitrogens is 1. The number of para-hydroxylation sites is 1. The van der Waals surface area contributed by atoms with E-state index >= 15 is 0 Å². The molecule has 182 valence electrons. The summed E-state index contributed by atoms with van der Waals surface area (Å²) in [5.41, 5.74) is 3.12. The van der Waals surface area contributed by atoms with Crippen molar-refractivity contribution < 1.29 is 14.3 Å². The summed E-state index contributed by atoms with van der Waals surface area (Å²) in [6, 6.07) is 16.7. The van der Waals surface area contributed by atoms with Crippen LogP contribution in [-0.2, 0) is 4.79 Å². The number of thioether (sulfide) groups is 1. The van der Waals surface area contributed by atoms with Crippen molar-refractivity contribution in [3.63, 3.8) is 0 Å².